The highest BCUT2D eigenvalue weighted by atomic mass is 15.1. The van der Waals surface area contributed by atoms with Crippen LogP contribution >= 0.6 is 0 Å². The zero-order valence-corrected chi connectivity index (χ0v) is 8.25. The smallest absolute Gasteiger partial charge is 0.0399 e. The second kappa shape index (κ2) is 3.25. The van der Waals surface area contributed by atoms with Gasteiger partial charge in [-0.25, -0.2) is 0 Å². The van der Waals surface area contributed by atoms with Gasteiger partial charge < -0.3 is 4.90 Å². The molecule has 13 heavy (non-hydrogen) atoms. The van der Waals surface area contributed by atoms with Crippen molar-refractivity contribution in [2.45, 2.75) is 12.8 Å². The first-order chi connectivity index (χ1) is 6.29. The van der Waals surface area contributed by atoms with Gasteiger partial charge in [0.2, 0.25) is 0 Å². The molecular weight excluding hydrogens is 158 g/mol. The molecular formula is C12H15N. The van der Waals surface area contributed by atoms with Crippen molar-refractivity contribution in [3.63, 3.8) is 0 Å². The summed E-state index contributed by atoms with van der Waals surface area (Å²) in [6.07, 6.45) is 6.84. The Labute approximate surface area is 79.7 Å². The summed E-state index contributed by atoms with van der Waals surface area (Å²) in [5, 5.41) is 0. The molecule has 1 nitrogen and oxygen atoms in total. The lowest BCUT2D eigenvalue weighted by molar-refractivity contribution is 0.965. The maximum atomic E-state index is 2.25. The van der Waals surface area contributed by atoms with E-state index in [9.17, 15) is 0 Å². The van der Waals surface area contributed by atoms with Crippen LogP contribution in [-0.2, 0) is 6.42 Å². The van der Waals surface area contributed by atoms with E-state index in [2.05, 4.69) is 49.3 Å². The predicted molar refractivity (Wildman–Crippen MR) is 58.1 cm³/mol. The van der Waals surface area contributed by atoms with Gasteiger partial charge in [0.1, 0.15) is 0 Å². The molecule has 0 amide bonds. The van der Waals surface area contributed by atoms with Crippen molar-refractivity contribution in [2.24, 2.45) is 0 Å². The third kappa shape index (κ3) is 1.46. The Morgan fingerprint density at radius 2 is 2.08 bits per heavy atom. The Morgan fingerprint density at radius 3 is 2.85 bits per heavy atom. The van der Waals surface area contributed by atoms with Crippen LogP contribution in [0.3, 0.4) is 0 Å². The van der Waals surface area contributed by atoms with Crippen LogP contribution in [0.25, 0.3) is 6.08 Å². The predicted octanol–water partition coefficient (Wildman–Crippen LogP) is 2.71. The normalized spacial score (nSPS) is 14.0. The molecule has 1 aliphatic carbocycles. The van der Waals surface area contributed by atoms with Gasteiger partial charge in [-0.05, 0) is 30.0 Å². The van der Waals surface area contributed by atoms with Gasteiger partial charge in [0.15, 0.2) is 0 Å². The van der Waals surface area contributed by atoms with Crippen LogP contribution in [-0.4, -0.2) is 14.1 Å². The monoisotopic (exact) mass is 173 g/mol. The molecule has 1 heteroatoms. The average Bonchev–Trinajstić information content (AvgIpc) is 2.17. The largest absolute Gasteiger partial charge is 0.377 e. The summed E-state index contributed by atoms with van der Waals surface area (Å²) >= 11 is 0. The zero-order valence-electron chi connectivity index (χ0n) is 8.25. The molecule has 0 atom stereocenters. The average molecular weight is 173 g/mol. The van der Waals surface area contributed by atoms with Crippen molar-refractivity contribution in [2.75, 3.05) is 19.0 Å². The van der Waals surface area contributed by atoms with Gasteiger partial charge in [-0.1, -0.05) is 24.3 Å². The van der Waals surface area contributed by atoms with Crippen LogP contribution in [0.15, 0.2) is 24.3 Å². The quantitative estimate of drug-likeness (QED) is 0.631. The van der Waals surface area contributed by atoms with Gasteiger partial charge in [-0.15, -0.1) is 0 Å². The lowest BCUT2D eigenvalue weighted by Gasteiger charge is -2.20. The summed E-state index contributed by atoms with van der Waals surface area (Å²) < 4.78 is 0. The molecule has 0 spiro atoms. The molecule has 1 aromatic carbocycles. The summed E-state index contributed by atoms with van der Waals surface area (Å²) in [6.45, 7) is 0. The van der Waals surface area contributed by atoms with Crippen LogP contribution in [0.1, 0.15) is 17.5 Å². The first kappa shape index (κ1) is 8.36. The number of hydrogen-bond acceptors (Lipinski definition) is 1. The molecule has 0 fully saturated rings. The molecule has 0 aliphatic heterocycles. The Kier molecular flexibility index (Phi) is 2.09. The van der Waals surface area contributed by atoms with Crippen LogP contribution < -0.4 is 4.90 Å². The number of benzene rings is 1. The highest BCUT2D eigenvalue weighted by Gasteiger charge is 2.09. The maximum absolute atomic E-state index is 2.25. The van der Waals surface area contributed by atoms with Crippen molar-refractivity contribution in [3.8, 4) is 0 Å². The zero-order chi connectivity index (χ0) is 9.26. The fourth-order valence-electron chi connectivity index (χ4n) is 1.88. The summed E-state index contributed by atoms with van der Waals surface area (Å²) in [6, 6.07) is 6.51. The second-order valence-electron chi connectivity index (χ2n) is 3.68. The molecule has 0 N–H and O–H groups in total. The van der Waals surface area contributed by atoms with Crippen molar-refractivity contribution in [1.82, 2.24) is 0 Å². The Hall–Kier alpha value is -1.24. The van der Waals surface area contributed by atoms with Gasteiger partial charge >= 0.3 is 0 Å². The van der Waals surface area contributed by atoms with Gasteiger partial charge in [-0.2, -0.15) is 0 Å². The number of rotatable bonds is 1. The van der Waals surface area contributed by atoms with E-state index in [-0.39, 0.29) is 0 Å². The molecule has 0 saturated carbocycles. The van der Waals surface area contributed by atoms with Gasteiger partial charge in [0, 0.05) is 19.8 Å². The lowest BCUT2D eigenvalue weighted by atomic mass is 9.95. The first-order valence-corrected chi connectivity index (χ1v) is 4.75. The minimum absolute atomic E-state index is 1.18. The summed E-state index contributed by atoms with van der Waals surface area (Å²) in [5.41, 5.74) is 4.24. The maximum Gasteiger partial charge on any atom is 0.0399 e. The van der Waals surface area contributed by atoms with E-state index in [1.54, 1.807) is 0 Å². The summed E-state index contributed by atoms with van der Waals surface area (Å²) in [5.74, 6) is 0. The molecule has 0 radical (unpaired) electrons. The van der Waals surface area contributed by atoms with Gasteiger partial charge in [-0.3, -0.25) is 0 Å². The highest BCUT2D eigenvalue weighted by molar-refractivity contribution is 5.66. The van der Waals surface area contributed by atoms with Crippen molar-refractivity contribution in [1.29, 1.82) is 0 Å². The topological polar surface area (TPSA) is 3.24 Å². The third-order valence-electron chi connectivity index (χ3n) is 2.53. The SMILES string of the molecule is CN(C)c1cccc2c1CCC=C2. The standard InChI is InChI=1S/C12H15N/c1-13(2)12-9-5-7-10-6-3-4-8-11(10)12/h3,5-7,9H,4,8H2,1-2H3. The van der Waals surface area contributed by atoms with Gasteiger partial charge in [0.25, 0.3) is 0 Å². The molecule has 0 aromatic heterocycles. The van der Waals surface area contributed by atoms with E-state index < -0.39 is 0 Å². The molecule has 0 unspecified atom stereocenters. The molecule has 0 heterocycles. The molecule has 2 rings (SSSR count). The van der Waals surface area contributed by atoms with Gasteiger partial charge in [0.05, 0.1) is 0 Å². The number of allylic oxidation sites excluding steroid dienone is 1. The highest BCUT2D eigenvalue weighted by Crippen LogP contribution is 2.27. The van der Waals surface area contributed by atoms with Crippen molar-refractivity contribution >= 4 is 11.8 Å². The Balaban J connectivity index is 2.53. The fourth-order valence-corrected chi connectivity index (χ4v) is 1.88. The lowest BCUT2D eigenvalue weighted by Crippen LogP contribution is -2.12. The van der Waals surface area contributed by atoms with E-state index in [1.165, 1.54) is 29.7 Å². The minimum atomic E-state index is 1.18. The first-order valence-electron chi connectivity index (χ1n) is 4.75. The summed E-state index contributed by atoms with van der Waals surface area (Å²) in [7, 11) is 4.21. The Bertz CT molecular complexity index is 337. The fraction of sp³-hybridized carbons (Fsp3) is 0.333. The molecule has 0 saturated heterocycles. The van der Waals surface area contributed by atoms with E-state index in [0.29, 0.717) is 0 Å². The van der Waals surface area contributed by atoms with Crippen LogP contribution in [0.2, 0.25) is 0 Å². The van der Waals surface area contributed by atoms with E-state index in [4.69, 9.17) is 0 Å². The second-order valence-corrected chi connectivity index (χ2v) is 3.68. The molecule has 0 bridgehead atoms. The number of hydrogen-bond donors (Lipinski definition) is 0. The van der Waals surface area contributed by atoms with Crippen LogP contribution in [0, 0.1) is 0 Å². The minimum Gasteiger partial charge on any atom is -0.377 e. The van der Waals surface area contributed by atoms with E-state index in [1.807, 2.05) is 0 Å². The summed E-state index contributed by atoms with van der Waals surface area (Å²) in [4.78, 5) is 2.19. The molecule has 1 aliphatic rings. The molecule has 1 aromatic rings. The van der Waals surface area contributed by atoms with Crippen molar-refractivity contribution in [3.05, 3.63) is 35.4 Å². The number of fused-ring (bicyclic) bond motifs is 1. The van der Waals surface area contributed by atoms with Crippen LogP contribution in [0.5, 0.6) is 0 Å². The third-order valence-corrected chi connectivity index (χ3v) is 2.53. The number of anilines is 1. The van der Waals surface area contributed by atoms with Crippen molar-refractivity contribution < 1.29 is 0 Å². The number of nitrogens with zero attached hydrogens (tertiary/aromatic N) is 1. The van der Waals surface area contributed by atoms with E-state index in [0.717, 1.165) is 0 Å². The van der Waals surface area contributed by atoms with E-state index >= 15 is 0 Å². The molecule has 68 valence electrons. The van der Waals surface area contributed by atoms with Crippen LogP contribution in [0.4, 0.5) is 5.69 Å². The Morgan fingerprint density at radius 1 is 1.23 bits per heavy atom.